The summed E-state index contributed by atoms with van der Waals surface area (Å²) in [6.45, 7) is 8.99. The second-order valence-electron chi connectivity index (χ2n) is 3.98. The van der Waals surface area contributed by atoms with Crippen LogP contribution >= 0.6 is 0 Å². The molecule has 0 radical (unpaired) electrons. The Hall–Kier alpha value is -0.610. The van der Waals surface area contributed by atoms with Crippen molar-refractivity contribution in [2.75, 3.05) is 19.8 Å². The lowest BCUT2D eigenvalue weighted by atomic mass is 10.3. The third-order valence-corrected chi connectivity index (χ3v) is 2.04. The molecular weight excluding hydrogens is 208 g/mol. The highest BCUT2D eigenvalue weighted by molar-refractivity contribution is 5.65. The Morgan fingerprint density at radius 3 is 2.31 bits per heavy atom. The summed E-state index contributed by atoms with van der Waals surface area (Å²) in [6, 6.07) is 0. The van der Waals surface area contributed by atoms with Crippen molar-refractivity contribution >= 4 is 5.97 Å². The van der Waals surface area contributed by atoms with E-state index in [1.807, 2.05) is 13.8 Å². The monoisotopic (exact) mass is 232 g/mol. The van der Waals surface area contributed by atoms with Gasteiger partial charge in [0.05, 0.1) is 18.8 Å². The second-order valence-corrected chi connectivity index (χ2v) is 3.98. The maximum atomic E-state index is 10.6. The van der Waals surface area contributed by atoms with Gasteiger partial charge in [0, 0.05) is 13.5 Å². The van der Waals surface area contributed by atoms with Crippen LogP contribution in [0, 0.1) is 0 Å². The number of esters is 1. The molecule has 0 saturated heterocycles. The van der Waals surface area contributed by atoms with Gasteiger partial charge in [-0.15, -0.1) is 0 Å². The summed E-state index contributed by atoms with van der Waals surface area (Å²) in [7, 11) is 0. The molecule has 4 nitrogen and oxygen atoms in total. The van der Waals surface area contributed by atoms with Crippen LogP contribution in [0.3, 0.4) is 0 Å². The number of carbonyl (C=O) groups is 1. The number of ether oxygens (including phenoxy) is 3. The maximum Gasteiger partial charge on any atom is 0.302 e. The van der Waals surface area contributed by atoms with Crippen molar-refractivity contribution in [3.8, 4) is 0 Å². The fourth-order valence-corrected chi connectivity index (χ4v) is 1.06. The first kappa shape index (κ1) is 15.4. The standard InChI is InChI=1S/C12H24O4/c1-5-6-7-14-10(2)8-15-11(3)9-16-12(4)13/h10-11H,5-9H2,1-4H3. The molecule has 0 aliphatic carbocycles. The predicted molar refractivity (Wildman–Crippen MR) is 62.4 cm³/mol. The van der Waals surface area contributed by atoms with Gasteiger partial charge in [-0.25, -0.2) is 0 Å². The molecule has 4 heteroatoms. The molecule has 0 fully saturated rings. The first-order valence-corrected chi connectivity index (χ1v) is 5.92. The van der Waals surface area contributed by atoms with Gasteiger partial charge in [0.1, 0.15) is 6.61 Å². The molecule has 0 aliphatic rings. The van der Waals surface area contributed by atoms with Crippen molar-refractivity contribution in [1.29, 1.82) is 0 Å². The quantitative estimate of drug-likeness (QED) is 0.451. The summed E-state index contributed by atoms with van der Waals surface area (Å²) < 4.78 is 15.8. The van der Waals surface area contributed by atoms with Crippen LogP contribution in [0.5, 0.6) is 0 Å². The number of hydrogen-bond acceptors (Lipinski definition) is 4. The molecule has 0 aromatic carbocycles. The zero-order chi connectivity index (χ0) is 12.4. The van der Waals surface area contributed by atoms with Crippen LogP contribution in [0.4, 0.5) is 0 Å². The fourth-order valence-electron chi connectivity index (χ4n) is 1.06. The molecular formula is C12H24O4. The topological polar surface area (TPSA) is 44.8 Å². The summed E-state index contributed by atoms with van der Waals surface area (Å²) in [5, 5.41) is 0. The van der Waals surface area contributed by atoms with Crippen molar-refractivity contribution < 1.29 is 19.0 Å². The Morgan fingerprint density at radius 2 is 1.75 bits per heavy atom. The molecule has 0 rings (SSSR count). The van der Waals surface area contributed by atoms with Gasteiger partial charge in [-0.3, -0.25) is 4.79 Å². The number of carbonyl (C=O) groups excluding carboxylic acids is 1. The van der Waals surface area contributed by atoms with Crippen LogP contribution < -0.4 is 0 Å². The lowest BCUT2D eigenvalue weighted by Crippen LogP contribution is -2.24. The van der Waals surface area contributed by atoms with Gasteiger partial charge in [-0.05, 0) is 20.3 Å². The van der Waals surface area contributed by atoms with E-state index in [1.165, 1.54) is 6.92 Å². The average Bonchev–Trinajstić information content (AvgIpc) is 2.24. The van der Waals surface area contributed by atoms with E-state index in [9.17, 15) is 4.79 Å². The van der Waals surface area contributed by atoms with Crippen LogP contribution in [0.1, 0.15) is 40.5 Å². The molecule has 16 heavy (non-hydrogen) atoms. The molecule has 0 amide bonds. The third-order valence-electron chi connectivity index (χ3n) is 2.04. The lowest BCUT2D eigenvalue weighted by molar-refractivity contribution is -0.145. The van der Waals surface area contributed by atoms with Gasteiger partial charge < -0.3 is 14.2 Å². The molecule has 96 valence electrons. The first-order chi connectivity index (χ1) is 7.56. The highest BCUT2D eigenvalue weighted by atomic mass is 16.6. The van der Waals surface area contributed by atoms with E-state index in [2.05, 4.69) is 6.92 Å². The van der Waals surface area contributed by atoms with E-state index in [4.69, 9.17) is 14.2 Å². The molecule has 2 unspecified atom stereocenters. The summed E-state index contributed by atoms with van der Waals surface area (Å²) in [5.41, 5.74) is 0. The highest BCUT2D eigenvalue weighted by Gasteiger charge is 2.08. The number of rotatable bonds is 9. The minimum Gasteiger partial charge on any atom is -0.463 e. The van der Waals surface area contributed by atoms with Gasteiger partial charge in [-0.2, -0.15) is 0 Å². The van der Waals surface area contributed by atoms with Gasteiger partial charge >= 0.3 is 5.97 Å². The van der Waals surface area contributed by atoms with E-state index in [0.717, 1.165) is 19.4 Å². The Labute approximate surface area is 98.3 Å². The van der Waals surface area contributed by atoms with Crippen LogP contribution in [0.15, 0.2) is 0 Å². The van der Waals surface area contributed by atoms with Crippen molar-refractivity contribution in [3.63, 3.8) is 0 Å². The first-order valence-electron chi connectivity index (χ1n) is 5.92. The summed E-state index contributed by atoms with van der Waals surface area (Å²) in [5.74, 6) is -0.275. The molecule has 0 saturated carbocycles. The molecule has 2 atom stereocenters. The largest absolute Gasteiger partial charge is 0.463 e. The van der Waals surface area contributed by atoms with Crippen LogP contribution in [0.25, 0.3) is 0 Å². The molecule has 0 heterocycles. The zero-order valence-corrected chi connectivity index (χ0v) is 10.8. The Balaban J connectivity index is 3.43. The minimum atomic E-state index is -0.275. The third kappa shape index (κ3) is 9.93. The van der Waals surface area contributed by atoms with E-state index >= 15 is 0 Å². The maximum absolute atomic E-state index is 10.6. The Kier molecular flexibility index (Phi) is 9.24. The number of hydrogen-bond donors (Lipinski definition) is 0. The number of unbranched alkanes of at least 4 members (excludes halogenated alkanes) is 1. The van der Waals surface area contributed by atoms with E-state index in [-0.39, 0.29) is 18.2 Å². The molecule has 0 N–H and O–H groups in total. The Bertz CT molecular complexity index is 182. The lowest BCUT2D eigenvalue weighted by Gasteiger charge is -2.17. The fraction of sp³-hybridized carbons (Fsp3) is 0.917. The smallest absolute Gasteiger partial charge is 0.302 e. The summed E-state index contributed by atoms with van der Waals surface area (Å²) >= 11 is 0. The van der Waals surface area contributed by atoms with Crippen LogP contribution in [-0.2, 0) is 19.0 Å². The second kappa shape index (κ2) is 9.60. The van der Waals surface area contributed by atoms with E-state index in [0.29, 0.717) is 13.2 Å². The SMILES string of the molecule is CCCCOC(C)COC(C)COC(C)=O. The zero-order valence-electron chi connectivity index (χ0n) is 10.8. The molecule has 0 aromatic heterocycles. The Morgan fingerprint density at radius 1 is 1.12 bits per heavy atom. The van der Waals surface area contributed by atoms with Crippen molar-refractivity contribution in [2.45, 2.75) is 52.7 Å². The molecule has 0 bridgehead atoms. The minimum absolute atomic E-state index is 0.0823. The normalized spacial score (nSPS) is 14.5. The summed E-state index contributed by atoms with van der Waals surface area (Å²) in [4.78, 5) is 10.6. The molecule has 0 aromatic rings. The van der Waals surface area contributed by atoms with Gasteiger partial charge in [-0.1, -0.05) is 13.3 Å². The van der Waals surface area contributed by atoms with Gasteiger partial charge in [0.15, 0.2) is 0 Å². The van der Waals surface area contributed by atoms with Gasteiger partial charge in [0.2, 0.25) is 0 Å². The molecule has 0 spiro atoms. The van der Waals surface area contributed by atoms with Crippen LogP contribution in [-0.4, -0.2) is 38.0 Å². The van der Waals surface area contributed by atoms with Crippen molar-refractivity contribution in [3.05, 3.63) is 0 Å². The predicted octanol–water partition coefficient (Wildman–Crippen LogP) is 2.16. The van der Waals surface area contributed by atoms with E-state index < -0.39 is 0 Å². The van der Waals surface area contributed by atoms with Crippen LogP contribution in [0.2, 0.25) is 0 Å². The average molecular weight is 232 g/mol. The van der Waals surface area contributed by atoms with Crippen molar-refractivity contribution in [2.24, 2.45) is 0 Å². The summed E-state index contributed by atoms with van der Waals surface area (Å²) in [6.07, 6.45) is 2.22. The highest BCUT2D eigenvalue weighted by Crippen LogP contribution is 1.99. The van der Waals surface area contributed by atoms with Crippen molar-refractivity contribution in [1.82, 2.24) is 0 Å². The van der Waals surface area contributed by atoms with E-state index in [1.54, 1.807) is 0 Å². The molecule has 0 aliphatic heterocycles. The van der Waals surface area contributed by atoms with Gasteiger partial charge in [0.25, 0.3) is 0 Å².